The number of hydrogen-bond donors (Lipinski definition) is 2. The number of sulfone groups is 1. The van der Waals surface area contributed by atoms with E-state index in [1.165, 1.54) is 0 Å². The van der Waals surface area contributed by atoms with Crippen LogP contribution in [0.3, 0.4) is 0 Å². The molecule has 8 heteroatoms. The third-order valence-electron chi connectivity index (χ3n) is 5.64. The van der Waals surface area contributed by atoms with Gasteiger partial charge in [0.2, 0.25) is 5.91 Å². The summed E-state index contributed by atoms with van der Waals surface area (Å²) >= 11 is 0. The van der Waals surface area contributed by atoms with Gasteiger partial charge in [-0.25, -0.2) is 8.42 Å². The van der Waals surface area contributed by atoms with Crippen molar-refractivity contribution in [2.75, 3.05) is 30.7 Å². The van der Waals surface area contributed by atoms with Crippen LogP contribution < -0.4 is 10.1 Å². The molecule has 1 fully saturated rings. The molecular weight excluding hydrogens is 404 g/mol. The van der Waals surface area contributed by atoms with Gasteiger partial charge in [0.25, 0.3) is 0 Å². The Morgan fingerprint density at radius 2 is 1.93 bits per heavy atom. The van der Waals surface area contributed by atoms with Crippen molar-refractivity contribution in [2.45, 2.75) is 36.4 Å². The van der Waals surface area contributed by atoms with E-state index < -0.39 is 15.9 Å². The Kier molecular flexibility index (Phi) is 6.08. The zero-order valence-corrected chi connectivity index (χ0v) is 17.5. The lowest BCUT2D eigenvalue weighted by Crippen LogP contribution is -2.50. The summed E-state index contributed by atoms with van der Waals surface area (Å²) < 4.78 is 30.9. The topological polar surface area (TPSA) is 95.9 Å². The van der Waals surface area contributed by atoms with E-state index in [-0.39, 0.29) is 17.8 Å². The highest BCUT2D eigenvalue weighted by atomic mass is 32.2. The van der Waals surface area contributed by atoms with Gasteiger partial charge >= 0.3 is 0 Å². The van der Waals surface area contributed by atoms with Gasteiger partial charge in [-0.1, -0.05) is 18.2 Å². The van der Waals surface area contributed by atoms with Gasteiger partial charge in [0.15, 0.2) is 9.84 Å². The van der Waals surface area contributed by atoms with Gasteiger partial charge in [-0.05, 0) is 48.7 Å². The monoisotopic (exact) mass is 430 g/mol. The SMILES string of the molecule is O=C1CCc2cc(O[C@@H]3CCN(CCS(=O)(=O)c4ccccc4)C[C@H]3O)ccc2N1. The summed E-state index contributed by atoms with van der Waals surface area (Å²) in [6.45, 7) is 1.41. The number of benzene rings is 2. The minimum absolute atomic E-state index is 0.0196. The van der Waals surface area contributed by atoms with Gasteiger partial charge in [-0.2, -0.15) is 0 Å². The number of carbonyl (C=O) groups excluding carboxylic acids is 1. The van der Waals surface area contributed by atoms with Gasteiger partial charge < -0.3 is 15.2 Å². The number of nitrogens with zero attached hydrogens (tertiary/aromatic N) is 1. The number of nitrogens with one attached hydrogen (secondary N) is 1. The molecule has 0 spiro atoms. The van der Waals surface area contributed by atoms with Gasteiger partial charge in [0.1, 0.15) is 18.0 Å². The molecule has 2 aliphatic rings. The molecular formula is C22H26N2O5S. The normalized spacial score (nSPS) is 22.2. The summed E-state index contributed by atoms with van der Waals surface area (Å²) in [6.07, 6.45) is 0.705. The van der Waals surface area contributed by atoms with Crippen LogP contribution in [0.1, 0.15) is 18.4 Å². The predicted molar refractivity (Wildman–Crippen MR) is 113 cm³/mol. The molecule has 2 N–H and O–H groups in total. The van der Waals surface area contributed by atoms with Gasteiger partial charge in [0.05, 0.1) is 10.6 Å². The van der Waals surface area contributed by atoms with Crippen LogP contribution in [-0.2, 0) is 21.1 Å². The molecule has 0 saturated carbocycles. The number of aryl methyl sites for hydroxylation is 1. The second-order valence-electron chi connectivity index (χ2n) is 7.81. The third-order valence-corrected chi connectivity index (χ3v) is 7.35. The number of hydrogen-bond acceptors (Lipinski definition) is 6. The molecule has 2 heterocycles. The summed E-state index contributed by atoms with van der Waals surface area (Å²) in [5.41, 5.74) is 1.85. The number of piperidine rings is 1. The summed E-state index contributed by atoms with van der Waals surface area (Å²) in [5, 5.41) is 13.4. The Hall–Kier alpha value is -2.42. The van der Waals surface area contributed by atoms with Gasteiger partial charge in [-0.15, -0.1) is 0 Å². The average Bonchev–Trinajstić information content (AvgIpc) is 2.75. The number of likely N-dealkylation sites (tertiary alicyclic amines) is 1. The molecule has 0 bridgehead atoms. The van der Waals surface area contributed by atoms with Crippen molar-refractivity contribution in [1.29, 1.82) is 0 Å². The summed E-state index contributed by atoms with van der Waals surface area (Å²) in [6, 6.07) is 14.0. The number of rotatable bonds is 6. The number of aliphatic hydroxyl groups is 1. The van der Waals surface area contributed by atoms with Gasteiger partial charge in [-0.3, -0.25) is 9.69 Å². The summed E-state index contributed by atoms with van der Waals surface area (Å²) in [4.78, 5) is 13.8. The first kappa shape index (κ1) is 20.8. The van der Waals surface area contributed by atoms with E-state index in [2.05, 4.69) is 5.32 Å². The van der Waals surface area contributed by atoms with Crippen LogP contribution in [0.25, 0.3) is 0 Å². The molecule has 30 heavy (non-hydrogen) atoms. The number of ether oxygens (including phenoxy) is 1. The molecule has 1 saturated heterocycles. The lowest BCUT2D eigenvalue weighted by Gasteiger charge is -2.36. The first-order valence-corrected chi connectivity index (χ1v) is 11.8. The van der Waals surface area contributed by atoms with E-state index in [1.807, 2.05) is 17.0 Å². The predicted octanol–water partition coefficient (Wildman–Crippen LogP) is 1.86. The van der Waals surface area contributed by atoms with Crippen LogP contribution in [0.2, 0.25) is 0 Å². The van der Waals surface area contributed by atoms with Crippen LogP contribution in [0.15, 0.2) is 53.4 Å². The van der Waals surface area contributed by atoms with Crippen LogP contribution in [-0.4, -0.2) is 61.9 Å². The number of aliphatic hydroxyl groups excluding tert-OH is 1. The third kappa shape index (κ3) is 4.83. The van der Waals surface area contributed by atoms with E-state index in [1.54, 1.807) is 36.4 Å². The number of amides is 1. The van der Waals surface area contributed by atoms with Crippen molar-refractivity contribution in [3.05, 3.63) is 54.1 Å². The highest BCUT2D eigenvalue weighted by molar-refractivity contribution is 7.91. The number of fused-ring (bicyclic) bond motifs is 1. The van der Waals surface area contributed by atoms with Crippen LogP contribution >= 0.6 is 0 Å². The van der Waals surface area contributed by atoms with Crippen molar-refractivity contribution in [2.24, 2.45) is 0 Å². The Balaban J connectivity index is 1.31. The fraction of sp³-hybridized carbons (Fsp3) is 0.409. The smallest absolute Gasteiger partial charge is 0.224 e. The number of β-amino-alcohol motifs (C(OH)–C–C–N with tert-alkyl or cyclic N) is 1. The minimum Gasteiger partial charge on any atom is -0.488 e. The highest BCUT2D eigenvalue weighted by Crippen LogP contribution is 2.28. The van der Waals surface area contributed by atoms with E-state index >= 15 is 0 Å². The van der Waals surface area contributed by atoms with Crippen molar-refractivity contribution in [1.82, 2.24) is 4.90 Å². The number of carbonyl (C=O) groups is 1. The van der Waals surface area contributed by atoms with Gasteiger partial charge in [0, 0.05) is 31.7 Å². The van der Waals surface area contributed by atoms with Crippen molar-refractivity contribution < 1.29 is 23.1 Å². The molecule has 160 valence electrons. The van der Waals surface area contributed by atoms with E-state index in [4.69, 9.17) is 4.74 Å². The standard InChI is InChI=1S/C22H26N2O5S/c25-20-15-24(12-13-30(27,28)18-4-2-1-3-5-18)11-10-21(20)29-17-7-8-19-16(14-17)6-9-22(26)23-19/h1-5,7-8,14,20-21,25H,6,9-13,15H2,(H,23,26)/t20-,21-/m1/s1. The van der Waals surface area contributed by atoms with Crippen LogP contribution in [0, 0.1) is 0 Å². The fourth-order valence-electron chi connectivity index (χ4n) is 3.92. The first-order chi connectivity index (χ1) is 14.4. The Morgan fingerprint density at radius 3 is 2.70 bits per heavy atom. The van der Waals surface area contributed by atoms with E-state index in [0.29, 0.717) is 49.5 Å². The molecule has 0 unspecified atom stereocenters. The molecule has 0 aromatic heterocycles. The zero-order chi connectivity index (χ0) is 21.1. The molecule has 0 aliphatic carbocycles. The molecule has 2 aromatic carbocycles. The summed E-state index contributed by atoms with van der Waals surface area (Å²) in [7, 11) is -3.34. The zero-order valence-electron chi connectivity index (χ0n) is 16.7. The largest absolute Gasteiger partial charge is 0.488 e. The maximum Gasteiger partial charge on any atom is 0.224 e. The first-order valence-electron chi connectivity index (χ1n) is 10.2. The molecule has 7 nitrogen and oxygen atoms in total. The Bertz CT molecular complexity index is 1010. The molecule has 2 atom stereocenters. The second-order valence-corrected chi connectivity index (χ2v) is 9.92. The van der Waals surface area contributed by atoms with E-state index in [9.17, 15) is 18.3 Å². The maximum atomic E-state index is 12.5. The Morgan fingerprint density at radius 1 is 1.13 bits per heavy atom. The van der Waals surface area contributed by atoms with Crippen LogP contribution in [0.5, 0.6) is 5.75 Å². The molecule has 2 aromatic rings. The molecule has 4 rings (SSSR count). The molecule has 1 amide bonds. The minimum atomic E-state index is -3.34. The van der Waals surface area contributed by atoms with Crippen molar-refractivity contribution in [3.63, 3.8) is 0 Å². The number of anilines is 1. The maximum absolute atomic E-state index is 12.5. The Labute approximate surface area is 176 Å². The summed E-state index contributed by atoms with van der Waals surface area (Å²) in [5.74, 6) is 0.716. The second kappa shape index (κ2) is 8.75. The average molecular weight is 431 g/mol. The molecule has 0 radical (unpaired) electrons. The quantitative estimate of drug-likeness (QED) is 0.726. The van der Waals surface area contributed by atoms with E-state index in [0.717, 1.165) is 11.3 Å². The molecule has 2 aliphatic heterocycles. The lowest BCUT2D eigenvalue weighted by atomic mass is 10.0. The highest BCUT2D eigenvalue weighted by Gasteiger charge is 2.30. The lowest BCUT2D eigenvalue weighted by molar-refractivity contribution is -0.116. The van der Waals surface area contributed by atoms with Crippen LogP contribution in [0.4, 0.5) is 5.69 Å². The fourth-order valence-corrected chi connectivity index (χ4v) is 5.23. The van der Waals surface area contributed by atoms with Crippen molar-refractivity contribution in [3.8, 4) is 5.75 Å². The van der Waals surface area contributed by atoms with Crippen molar-refractivity contribution >= 4 is 21.4 Å².